The van der Waals surface area contributed by atoms with Crippen LogP contribution in [-0.4, -0.2) is 230 Å². The summed E-state index contributed by atoms with van der Waals surface area (Å²) >= 11 is 16.3. The lowest BCUT2D eigenvalue weighted by molar-refractivity contribution is -0.171. The van der Waals surface area contributed by atoms with Crippen LogP contribution in [0, 0.1) is 5.41 Å². The monoisotopic (exact) mass is 1760 g/mol. The molecule has 0 saturated carbocycles. The predicted octanol–water partition coefficient (Wildman–Crippen LogP) is 3.14. The molecule has 8 aromatic carbocycles. The van der Waals surface area contributed by atoms with E-state index in [2.05, 4.69) is 24.8 Å². The Morgan fingerprint density at radius 2 is 0.740 bits per heavy atom. The van der Waals surface area contributed by atoms with E-state index in [1.165, 1.54) is 5.56 Å². The van der Waals surface area contributed by atoms with Crippen LogP contribution in [0.2, 0.25) is 0 Å². The Morgan fingerprint density at radius 1 is 0.423 bits per heavy atom. The predicted molar refractivity (Wildman–Crippen MR) is 435 cm³/mol. The number of fused-ring (bicyclic) bond motifs is 5. The fraction of sp³-hybridized carbons (Fsp3) is 0.364. The molecule has 16 rings (SSSR count). The Morgan fingerprint density at radius 3 is 1.09 bits per heavy atom. The Bertz CT molecular complexity index is 4620. The molecule has 0 radical (unpaired) electrons. The normalized spacial score (nSPS) is 26.3. The van der Waals surface area contributed by atoms with Crippen molar-refractivity contribution in [2.24, 2.45) is 5.73 Å². The number of cyclic esters (lactones) is 1. The lowest BCUT2D eigenvalue weighted by atomic mass is 9.99. The molecule has 0 spiro atoms. The minimum atomic E-state index is -1.94. The van der Waals surface area contributed by atoms with E-state index in [0.717, 1.165) is 44.5 Å². The number of carbonyl (C=O) groups is 7. The summed E-state index contributed by atoms with van der Waals surface area (Å²) in [5.41, 5.74) is 15.5. The van der Waals surface area contributed by atoms with E-state index >= 15 is 0 Å². The minimum Gasteiger partial charge on any atom is -0.473 e. The topological polar surface area (TPSA) is 508 Å². The number of nitrogens with one attached hydrogen (secondary N) is 3. The Balaban J connectivity index is 0.000000163. The van der Waals surface area contributed by atoms with Crippen molar-refractivity contribution in [2.45, 2.75) is 190 Å². The van der Waals surface area contributed by atoms with E-state index in [1.807, 2.05) is 176 Å². The molecule has 3 aliphatic carbocycles. The first-order valence-corrected chi connectivity index (χ1v) is 40.1. The van der Waals surface area contributed by atoms with Gasteiger partial charge in [0, 0.05) is 19.3 Å². The number of esters is 5. The van der Waals surface area contributed by atoms with Crippen molar-refractivity contribution < 1.29 is 137 Å². The number of ether oxygens (including phenoxy) is 10. The highest BCUT2D eigenvalue weighted by Crippen LogP contribution is 2.37. The minimum absolute atomic E-state index is 0.0840. The van der Waals surface area contributed by atoms with E-state index in [-0.39, 0.29) is 51.1 Å². The van der Waals surface area contributed by atoms with Gasteiger partial charge < -0.3 is 120 Å². The standard InChI is InChI=1S/C38H40N2O8.C20H18O6.C9H8Cl3NO.C9H11NO.C6H6O6.C6H10O6/c41-29-19-25-15-7-9-17-27(25)31(29)39-37(45)35(47-21-23-11-3-1-4-12-23)33(43)34(44)36(48-22-24-13-5-2-6-14-24)38(46)40-32-28-18-10-8-16-26(28)20-30(32)42;21-19-17(23-11-13-7-3-1-4-8-13)15-16(26-19)18(20(22)25-15)24-12-14-9-5-2-6-10-14;10-9(11,12)8(13)14-6-7-4-2-1-3-5-7;10-9-7-4-2-1-3-6(7)5-8(9)11;7-1-3-4(12-5(1)9)2(8)6(10)11-3;7-1-2(8)5-3(9)4(10)6(11)12-5/h1-18,29-36,41-44H,19-22H2,(H,39,45)(H,40,46);1-10,15-18H,11-12H2;1-5,13H,6H2;1-4,8-9,11H,5,10H2;1-4,7-8H;2-5,7-10H,1H2/t29?,30?,31-,32?,33?,34?,35+,36+;15-,16-,17-,18-;;;1-,2-,3+,4+;2-,3?,4?,5?/m01..10/s1. The van der Waals surface area contributed by atoms with Gasteiger partial charge in [-0.05, 0) is 61.2 Å². The number of halogens is 3. The molecule has 654 valence electrons. The number of rotatable bonds is 23. The van der Waals surface area contributed by atoms with Crippen molar-refractivity contribution in [3.8, 4) is 0 Å². The summed E-state index contributed by atoms with van der Waals surface area (Å²) in [6, 6.07) is 67.3. The van der Waals surface area contributed by atoms with Crippen LogP contribution in [0.15, 0.2) is 224 Å². The SMILES string of the molecule is N=C(OCc1ccccc1)C(Cl)(Cl)Cl.NC1c2ccccc2CC1O.O=C(NC1c2ccccc2CC1O)[C@H](OCc1ccccc1)C(O)C(O)[C@@H](OCc1ccccc1)C(=O)N[C@H]1c2ccccc2CC1O.O=C1OC([C@@H](O)CO)C(O)C1O.O=C1O[C@@H]2[C@@H](OC(=O)[C@@H]2O)[C@H]1O.O=C1O[C@@H]2[C@@H](OC(=O)[C@@H]2OCc2ccccc2)[C@H]1OCc1ccccc1. The Labute approximate surface area is 719 Å². The van der Waals surface area contributed by atoms with Gasteiger partial charge in [-0.3, -0.25) is 15.0 Å². The van der Waals surface area contributed by atoms with Crippen molar-refractivity contribution in [3.63, 3.8) is 0 Å². The molecule has 10 unspecified atom stereocenters. The molecule has 0 bridgehead atoms. The second kappa shape index (κ2) is 43.9. The third-order valence-electron chi connectivity index (χ3n) is 20.9. The van der Waals surface area contributed by atoms with E-state index in [9.17, 15) is 59.1 Å². The maximum Gasteiger partial charge on any atom is 0.339 e. The van der Waals surface area contributed by atoms with Gasteiger partial charge in [0.15, 0.2) is 73.2 Å². The van der Waals surface area contributed by atoms with Crippen molar-refractivity contribution in [2.75, 3.05) is 6.61 Å². The molecule has 8 aromatic rings. The van der Waals surface area contributed by atoms with Crippen LogP contribution in [0.5, 0.6) is 0 Å². The number of hydrogen-bond donors (Lipinski definition) is 15. The molecule has 5 aliphatic heterocycles. The van der Waals surface area contributed by atoms with Crippen molar-refractivity contribution in [1.29, 1.82) is 5.41 Å². The number of amides is 2. The first-order chi connectivity index (χ1) is 59.0. The van der Waals surface area contributed by atoms with E-state index in [0.29, 0.717) is 30.4 Å². The van der Waals surface area contributed by atoms with Crippen molar-refractivity contribution in [1.82, 2.24) is 10.6 Å². The molecule has 35 heteroatoms. The quantitative estimate of drug-likeness (QED) is 0.0144. The number of hydrogen-bond acceptors (Lipinski definition) is 30. The molecule has 0 aromatic heterocycles. The van der Waals surface area contributed by atoms with Crippen LogP contribution < -0.4 is 16.4 Å². The number of aliphatic hydroxyl groups excluding tert-OH is 11. The Hall–Kier alpha value is -10.3. The Kier molecular flexibility index (Phi) is 33.3. The zero-order chi connectivity index (χ0) is 88.2. The fourth-order valence-corrected chi connectivity index (χ4v) is 14.5. The lowest BCUT2D eigenvalue weighted by Crippen LogP contribution is -2.57. The summed E-state index contributed by atoms with van der Waals surface area (Å²) in [7, 11) is 0. The summed E-state index contributed by atoms with van der Waals surface area (Å²) in [6.45, 7) is -0.109. The maximum absolute atomic E-state index is 13.9. The highest BCUT2D eigenvalue weighted by molar-refractivity contribution is 6.76. The summed E-state index contributed by atoms with van der Waals surface area (Å²) in [6.07, 6.45) is -22.1. The van der Waals surface area contributed by atoms with Crippen LogP contribution in [-0.2, 0) is 133 Å². The smallest absolute Gasteiger partial charge is 0.339 e. The number of carbonyl (C=O) groups excluding carboxylic acids is 7. The lowest BCUT2D eigenvalue weighted by Gasteiger charge is -2.32. The number of aliphatic hydroxyl groups is 11. The van der Waals surface area contributed by atoms with E-state index in [1.54, 1.807) is 48.5 Å². The molecule has 123 heavy (non-hydrogen) atoms. The first-order valence-electron chi connectivity index (χ1n) is 39.0. The largest absolute Gasteiger partial charge is 0.473 e. The molecule has 8 aliphatic rings. The van der Waals surface area contributed by atoms with Gasteiger partial charge in [0.2, 0.25) is 5.90 Å². The maximum atomic E-state index is 13.9. The van der Waals surface area contributed by atoms with Gasteiger partial charge in [-0.2, -0.15) is 0 Å². The number of alkyl halides is 3. The molecular weight excluding hydrogens is 1670 g/mol. The number of nitrogens with two attached hydrogens (primary N) is 1. The van der Waals surface area contributed by atoms with Gasteiger partial charge in [-0.1, -0.05) is 259 Å². The average molecular weight is 1760 g/mol. The summed E-state index contributed by atoms with van der Waals surface area (Å²) in [5.74, 6) is -5.70. The van der Waals surface area contributed by atoms with Crippen LogP contribution in [0.3, 0.4) is 0 Å². The van der Waals surface area contributed by atoms with Gasteiger partial charge in [0.1, 0.15) is 31.0 Å². The fourth-order valence-electron chi connectivity index (χ4n) is 14.3. The molecule has 32 nitrogen and oxygen atoms in total. The number of benzene rings is 8. The van der Waals surface area contributed by atoms with Gasteiger partial charge >= 0.3 is 29.8 Å². The van der Waals surface area contributed by atoms with Crippen LogP contribution in [0.4, 0.5) is 0 Å². The summed E-state index contributed by atoms with van der Waals surface area (Å²) in [4.78, 5) is 83.9. The average Bonchev–Trinajstić information content (AvgIpc) is 1.62. The molecule has 5 fully saturated rings. The van der Waals surface area contributed by atoms with E-state index in [4.69, 9.17) is 110 Å². The molecular formula is C88H93Cl3N4O28. The van der Waals surface area contributed by atoms with Crippen molar-refractivity contribution >= 4 is 82.4 Å². The van der Waals surface area contributed by atoms with Gasteiger partial charge in [0.25, 0.3) is 15.6 Å². The summed E-state index contributed by atoms with van der Waals surface area (Å²) in [5, 5.41) is 121. The molecule has 16 N–H and O–H groups in total. The first kappa shape index (κ1) is 93.4. The van der Waals surface area contributed by atoms with Gasteiger partial charge in [0.05, 0.1) is 69.5 Å². The molecule has 22 atom stereocenters. The highest BCUT2D eigenvalue weighted by Gasteiger charge is 2.60. The van der Waals surface area contributed by atoms with Crippen LogP contribution in [0.1, 0.15) is 79.3 Å². The zero-order valence-electron chi connectivity index (χ0n) is 65.5. The molecule has 5 saturated heterocycles. The second-order valence-electron chi connectivity index (χ2n) is 29.4. The van der Waals surface area contributed by atoms with Gasteiger partial charge in [-0.25, -0.2) is 24.0 Å². The van der Waals surface area contributed by atoms with Gasteiger partial charge in [-0.15, -0.1) is 0 Å². The van der Waals surface area contributed by atoms with Crippen LogP contribution >= 0.6 is 34.8 Å². The summed E-state index contributed by atoms with van der Waals surface area (Å²) < 4.78 is 50.5. The third-order valence-corrected chi connectivity index (χ3v) is 21.4. The van der Waals surface area contributed by atoms with Crippen molar-refractivity contribution in [3.05, 3.63) is 286 Å². The van der Waals surface area contributed by atoms with Crippen LogP contribution in [0.25, 0.3) is 0 Å². The van der Waals surface area contributed by atoms with E-state index < -0.39 is 174 Å². The highest BCUT2D eigenvalue weighted by atomic mass is 35.6. The zero-order valence-corrected chi connectivity index (χ0v) is 67.8. The molecule has 2 amide bonds. The second-order valence-corrected chi connectivity index (χ2v) is 31.7. The third kappa shape index (κ3) is 24.2. The molecule has 5 heterocycles.